The van der Waals surface area contributed by atoms with Gasteiger partial charge in [0.25, 0.3) is 5.91 Å². The van der Waals surface area contributed by atoms with Gasteiger partial charge in [0.05, 0.1) is 24.8 Å². The first-order valence-electron chi connectivity index (χ1n) is 17.4. The van der Waals surface area contributed by atoms with Crippen molar-refractivity contribution in [2.24, 2.45) is 17.3 Å². The van der Waals surface area contributed by atoms with Gasteiger partial charge in [-0.3, -0.25) is 23.9 Å². The summed E-state index contributed by atoms with van der Waals surface area (Å²) < 4.78 is 39.3. The summed E-state index contributed by atoms with van der Waals surface area (Å²) in [5, 5.41) is 6.55. The molecule has 3 N–H and O–H groups in total. The van der Waals surface area contributed by atoms with E-state index in [0.29, 0.717) is 35.5 Å². The topological polar surface area (TPSA) is 173 Å². The maximum atomic E-state index is 14.6. The molecule has 52 heavy (non-hydrogen) atoms. The second kappa shape index (κ2) is 14.2. The van der Waals surface area contributed by atoms with E-state index in [1.807, 2.05) is 45.0 Å². The molecule has 276 valence electrons. The Labute approximate surface area is 303 Å². The van der Waals surface area contributed by atoms with Crippen molar-refractivity contribution in [2.75, 3.05) is 19.0 Å². The maximum Gasteiger partial charge on any atom is 0.259 e. The zero-order valence-corrected chi connectivity index (χ0v) is 30.6. The molecule has 4 amide bonds. The highest BCUT2D eigenvalue weighted by Gasteiger charge is 2.62. The van der Waals surface area contributed by atoms with Gasteiger partial charge in [-0.25, -0.2) is 13.4 Å². The molecule has 2 aliphatic carbocycles. The predicted molar refractivity (Wildman–Crippen MR) is 195 cm³/mol. The number of sulfonamides is 1. The number of anilines is 1. The molecule has 0 bridgehead atoms. The van der Waals surface area contributed by atoms with E-state index in [9.17, 15) is 27.6 Å². The lowest BCUT2D eigenvalue weighted by Gasteiger charge is -2.35. The number of fused-ring (bicyclic) bond motifs is 1. The van der Waals surface area contributed by atoms with Crippen molar-refractivity contribution in [1.82, 2.24) is 19.9 Å². The third-order valence-corrected chi connectivity index (χ3v) is 11.9. The van der Waals surface area contributed by atoms with Crippen LogP contribution in [0.25, 0.3) is 10.8 Å². The number of likely N-dealkylation sites (tertiary alicyclic amines) is 1. The van der Waals surface area contributed by atoms with E-state index in [1.54, 1.807) is 43.6 Å². The molecule has 0 radical (unpaired) electrons. The van der Waals surface area contributed by atoms with E-state index in [0.717, 1.165) is 5.39 Å². The van der Waals surface area contributed by atoms with Crippen LogP contribution in [0.15, 0.2) is 73.4 Å². The van der Waals surface area contributed by atoms with Gasteiger partial charge in [0.1, 0.15) is 23.4 Å². The van der Waals surface area contributed by atoms with Crippen LogP contribution in [-0.4, -0.2) is 78.5 Å². The van der Waals surface area contributed by atoms with Crippen LogP contribution in [0, 0.1) is 17.3 Å². The third kappa shape index (κ3) is 7.76. The number of hydrogen-bond acceptors (Lipinski definition) is 9. The van der Waals surface area contributed by atoms with Gasteiger partial charge >= 0.3 is 0 Å². The Morgan fingerprint density at radius 2 is 1.83 bits per heavy atom. The monoisotopic (exact) mass is 731 g/mol. The van der Waals surface area contributed by atoms with E-state index in [2.05, 4.69) is 26.9 Å². The predicted octanol–water partition coefficient (Wildman–Crippen LogP) is 3.95. The van der Waals surface area contributed by atoms with Crippen LogP contribution in [0.3, 0.4) is 0 Å². The number of methoxy groups -OCH3 is 1. The van der Waals surface area contributed by atoms with Gasteiger partial charge in [0.2, 0.25) is 33.6 Å². The molecule has 6 rings (SSSR count). The molecule has 3 aliphatic rings. The number of para-hydroxylation sites is 1. The molecule has 1 saturated heterocycles. The number of hydrogen-bond donors (Lipinski definition) is 3. The number of pyridine rings is 1. The first-order valence-corrected chi connectivity index (χ1v) is 18.9. The van der Waals surface area contributed by atoms with E-state index in [-0.39, 0.29) is 31.7 Å². The van der Waals surface area contributed by atoms with Crippen LogP contribution in [-0.2, 0) is 29.2 Å². The lowest BCUT2D eigenvalue weighted by atomic mass is 9.77. The summed E-state index contributed by atoms with van der Waals surface area (Å²) in [6.07, 6.45) is 3.40. The lowest BCUT2D eigenvalue weighted by Crippen LogP contribution is -2.57. The minimum atomic E-state index is -3.89. The van der Waals surface area contributed by atoms with Crippen molar-refractivity contribution in [3.05, 3.63) is 73.4 Å². The summed E-state index contributed by atoms with van der Waals surface area (Å²) in [6.45, 7) is 9.35. The molecule has 5 atom stereocenters. The second-order valence-corrected chi connectivity index (χ2v) is 16.9. The number of aromatic nitrogens is 1. The Hall–Kier alpha value is -4.98. The van der Waals surface area contributed by atoms with E-state index < -0.39 is 67.9 Å². The smallest absolute Gasteiger partial charge is 0.259 e. The summed E-state index contributed by atoms with van der Waals surface area (Å²) >= 11 is 0. The zero-order chi connectivity index (χ0) is 37.4. The van der Waals surface area contributed by atoms with Gasteiger partial charge in [-0.05, 0) is 66.5 Å². The molecule has 0 spiro atoms. The van der Waals surface area contributed by atoms with E-state index in [4.69, 9.17) is 9.47 Å². The summed E-state index contributed by atoms with van der Waals surface area (Å²) in [6, 6.07) is 15.1. The van der Waals surface area contributed by atoms with Crippen molar-refractivity contribution in [3.63, 3.8) is 0 Å². The Balaban J connectivity index is 1.28. The number of carbonyl (C=O) groups excluding carboxylic acids is 4. The quantitative estimate of drug-likeness (QED) is 0.220. The molecule has 14 heteroatoms. The van der Waals surface area contributed by atoms with Crippen molar-refractivity contribution in [2.45, 2.75) is 75.8 Å². The molecule has 2 aromatic carbocycles. The molecular weight excluding hydrogens is 687 g/mol. The molecule has 2 saturated carbocycles. The fourth-order valence-corrected chi connectivity index (χ4v) is 8.15. The summed E-state index contributed by atoms with van der Waals surface area (Å²) in [7, 11) is -2.32. The highest BCUT2D eigenvalue weighted by Crippen LogP contribution is 2.46. The van der Waals surface area contributed by atoms with Gasteiger partial charge in [-0.1, -0.05) is 45.0 Å². The van der Waals surface area contributed by atoms with Gasteiger partial charge in [-0.2, -0.15) is 0 Å². The van der Waals surface area contributed by atoms with Gasteiger partial charge < -0.3 is 25.0 Å². The van der Waals surface area contributed by atoms with Crippen LogP contribution >= 0.6 is 0 Å². The molecule has 13 nitrogen and oxygen atoms in total. The maximum absolute atomic E-state index is 14.6. The average Bonchev–Trinajstić information content (AvgIpc) is 4.03. The van der Waals surface area contributed by atoms with Crippen molar-refractivity contribution < 1.29 is 37.1 Å². The third-order valence-electron chi connectivity index (χ3n) is 10.1. The molecule has 3 fully saturated rings. The number of benzene rings is 2. The zero-order valence-electron chi connectivity index (χ0n) is 29.8. The Morgan fingerprint density at radius 3 is 2.46 bits per heavy atom. The minimum Gasteiger partial charge on any atom is -0.497 e. The van der Waals surface area contributed by atoms with Gasteiger partial charge in [-0.15, -0.1) is 6.58 Å². The standard InChI is InChI=1S/C38H45N5O8S/c1-6-24-21-38(24,36(47)42-52(48,49)28-13-14-28)41-33(45)31-19-27(51-34-29-15-12-26(50-5)18-23(29)16-17-39-34)22-43(31)35(46)30(37(2,3)4)20-32(44)40-25-10-8-7-9-11-25/h6-12,15-18,24,27-28,30-31H,1,13-14,19-22H2,2-5H3,(H,40,44)(H,41,45)(H,42,47)/t24-,27-,30-,31+,38-/m1/s1. The summed E-state index contributed by atoms with van der Waals surface area (Å²) in [5.41, 5.74) is -1.64. The highest BCUT2D eigenvalue weighted by molar-refractivity contribution is 7.91. The molecule has 1 aliphatic heterocycles. The van der Waals surface area contributed by atoms with Crippen LogP contribution in [0.4, 0.5) is 5.69 Å². The largest absolute Gasteiger partial charge is 0.497 e. The first kappa shape index (κ1) is 36.8. The Bertz CT molecular complexity index is 1990. The average molecular weight is 732 g/mol. The number of amides is 4. The molecule has 2 heterocycles. The number of rotatable bonds is 13. The van der Waals surface area contributed by atoms with Crippen molar-refractivity contribution in [3.8, 4) is 11.6 Å². The summed E-state index contributed by atoms with van der Waals surface area (Å²) in [5.74, 6) is -2.64. The molecule has 1 aromatic heterocycles. The Kier molecular flexibility index (Phi) is 10.1. The van der Waals surface area contributed by atoms with E-state index in [1.165, 1.54) is 11.0 Å². The van der Waals surface area contributed by atoms with E-state index >= 15 is 0 Å². The van der Waals surface area contributed by atoms with Crippen LogP contribution < -0.4 is 24.8 Å². The number of nitrogens with zero attached hydrogens (tertiary/aromatic N) is 2. The van der Waals surface area contributed by atoms with Crippen molar-refractivity contribution >= 4 is 50.1 Å². The van der Waals surface area contributed by atoms with Gasteiger partial charge in [0.15, 0.2) is 0 Å². The normalized spacial score (nSPS) is 23.3. The fraction of sp³-hybridized carbons (Fsp3) is 0.447. The van der Waals surface area contributed by atoms with Crippen LogP contribution in [0.1, 0.15) is 52.9 Å². The summed E-state index contributed by atoms with van der Waals surface area (Å²) in [4.78, 5) is 61.5. The molecule has 3 aromatic rings. The van der Waals surface area contributed by atoms with Gasteiger partial charge in [0, 0.05) is 36.0 Å². The van der Waals surface area contributed by atoms with Crippen molar-refractivity contribution in [1.29, 1.82) is 0 Å². The highest BCUT2D eigenvalue weighted by atomic mass is 32.2. The fourth-order valence-electron chi connectivity index (χ4n) is 6.78. The number of ether oxygens (including phenoxy) is 2. The number of nitrogens with one attached hydrogen (secondary N) is 3. The van der Waals surface area contributed by atoms with Crippen LogP contribution in [0.2, 0.25) is 0 Å². The minimum absolute atomic E-state index is 0.00182. The second-order valence-electron chi connectivity index (χ2n) is 14.9. The SMILES string of the molecule is C=C[C@@H]1C[C@]1(NC(=O)[C@@H]1C[C@@H](Oc2nccc3cc(OC)ccc23)CN1C(=O)[C@@H](CC(=O)Nc1ccccc1)C(C)(C)C)C(=O)NS(=O)(=O)C1CC1. The van der Waals surface area contributed by atoms with Crippen LogP contribution in [0.5, 0.6) is 11.6 Å². The Morgan fingerprint density at radius 1 is 1.10 bits per heavy atom. The first-order chi connectivity index (χ1) is 24.6. The molecule has 0 unspecified atom stereocenters. The number of carbonyl (C=O) groups is 4. The molecular formula is C38H45N5O8S. The lowest BCUT2D eigenvalue weighted by molar-refractivity contribution is -0.146.